The smallest absolute Gasteiger partial charge is 0.107 e. The molecule has 0 atom stereocenters. The Balaban J connectivity index is 2.81. The average molecular weight is 215 g/mol. The second-order valence-electron chi connectivity index (χ2n) is 3.49. The fourth-order valence-corrected chi connectivity index (χ4v) is 1.40. The molecule has 3 nitrogen and oxygen atoms in total. The summed E-state index contributed by atoms with van der Waals surface area (Å²) in [6.45, 7) is 5.83. The number of pyridine rings is 1. The molecule has 1 aromatic rings. The number of aliphatic imine (C=N–C) groups is 1. The first-order chi connectivity index (χ1) is 7.81. The van der Waals surface area contributed by atoms with Crippen LogP contribution in [0.25, 0.3) is 0 Å². The van der Waals surface area contributed by atoms with Crippen molar-refractivity contribution >= 4 is 12.1 Å². The van der Waals surface area contributed by atoms with Gasteiger partial charge in [0.05, 0.1) is 5.71 Å². The first-order valence-corrected chi connectivity index (χ1v) is 5.46. The number of aryl methyl sites for hydroxylation is 1. The molecule has 0 aliphatic heterocycles. The summed E-state index contributed by atoms with van der Waals surface area (Å²) in [7, 11) is 0. The van der Waals surface area contributed by atoms with E-state index >= 15 is 0 Å². The van der Waals surface area contributed by atoms with Gasteiger partial charge in [-0.1, -0.05) is 19.9 Å². The van der Waals surface area contributed by atoms with Gasteiger partial charge >= 0.3 is 0 Å². The van der Waals surface area contributed by atoms with E-state index in [2.05, 4.69) is 23.5 Å². The van der Waals surface area contributed by atoms with Crippen molar-refractivity contribution in [3.05, 3.63) is 42.2 Å². The second kappa shape index (κ2) is 6.67. The summed E-state index contributed by atoms with van der Waals surface area (Å²) < 4.78 is 0. The van der Waals surface area contributed by atoms with Gasteiger partial charge in [0.25, 0.3) is 0 Å². The maximum absolute atomic E-state index is 6.94. The summed E-state index contributed by atoms with van der Waals surface area (Å²) in [5.41, 5.74) is 2.69. The molecule has 0 saturated carbocycles. The van der Waals surface area contributed by atoms with Gasteiger partial charge in [-0.2, -0.15) is 0 Å². The maximum atomic E-state index is 6.94. The van der Waals surface area contributed by atoms with Crippen molar-refractivity contribution in [1.29, 1.82) is 5.41 Å². The molecule has 84 valence electrons. The van der Waals surface area contributed by atoms with Gasteiger partial charge in [-0.05, 0) is 31.1 Å². The third kappa shape index (κ3) is 3.42. The molecule has 1 rings (SSSR count). The van der Waals surface area contributed by atoms with Crippen LogP contribution in [0.5, 0.6) is 0 Å². The highest BCUT2D eigenvalue weighted by Gasteiger charge is 2.00. The Bertz CT molecular complexity index is 377. The van der Waals surface area contributed by atoms with E-state index in [4.69, 9.17) is 5.41 Å². The molecule has 0 amide bonds. The molecule has 1 aromatic heterocycles. The molecule has 1 heterocycles. The van der Waals surface area contributed by atoms with Crippen LogP contribution >= 0.6 is 0 Å². The number of hydrogen-bond acceptors (Lipinski definition) is 2. The standard InChI is InChI=1S/C13H17N3/c1-3-5-6-12-8-7-11(9-15-12)13(4-2)16-10-14/h4,7-10,14H,2-3,5-6H2,1H3. The van der Waals surface area contributed by atoms with E-state index < -0.39 is 0 Å². The van der Waals surface area contributed by atoms with Gasteiger partial charge in [-0.15, -0.1) is 0 Å². The predicted octanol–water partition coefficient (Wildman–Crippen LogP) is 3.01. The van der Waals surface area contributed by atoms with E-state index in [9.17, 15) is 0 Å². The van der Waals surface area contributed by atoms with Crippen molar-refractivity contribution in [1.82, 2.24) is 4.98 Å². The van der Waals surface area contributed by atoms with E-state index in [0.717, 1.165) is 30.4 Å². The lowest BCUT2D eigenvalue weighted by molar-refractivity contribution is 0.776. The summed E-state index contributed by atoms with van der Waals surface area (Å²) in [4.78, 5) is 8.27. The lowest BCUT2D eigenvalue weighted by Gasteiger charge is -2.02. The van der Waals surface area contributed by atoms with Crippen molar-refractivity contribution in [3.8, 4) is 0 Å². The minimum absolute atomic E-state index is 0.685. The predicted molar refractivity (Wildman–Crippen MR) is 68.4 cm³/mol. The summed E-state index contributed by atoms with van der Waals surface area (Å²) in [5, 5.41) is 6.94. The van der Waals surface area contributed by atoms with Crippen molar-refractivity contribution < 1.29 is 0 Å². The third-order valence-corrected chi connectivity index (χ3v) is 2.30. The van der Waals surface area contributed by atoms with Crippen LogP contribution in [0.15, 0.2) is 36.0 Å². The van der Waals surface area contributed by atoms with Crippen molar-refractivity contribution in [3.63, 3.8) is 0 Å². The SMILES string of the molecule is C=CC(=NC=N)c1ccc(CCCC)nc1. The van der Waals surface area contributed by atoms with Crippen LogP contribution in [0, 0.1) is 5.41 Å². The van der Waals surface area contributed by atoms with Crippen LogP contribution in [0.2, 0.25) is 0 Å². The molecule has 0 aliphatic carbocycles. The Morgan fingerprint density at radius 1 is 1.56 bits per heavy atom. The highest BCUT2D eigenvalue weighted by molar-refractivity contribution is 6.10. The monoisotopic (exact) mass is 215 g/mol. The first-order valence-electron chi connectivity index (χ1n) is 5.46. The number of unbranched alkanes of at least 4 members (excludes halogenated alkanes) is 1. The molecule has 0 saturated heterocycles. The van der Waals surface area contributed by atoms with Gasteiger partial charge in [-0.25, -0.2) is 4.99 Å². The zero-order valence-electron chi connectivity index (χ0n) is 9.61. The van der Waals surface area contributed by atoms with Gasteiger partial charge < -0.3 is 0 Å². The molecule has 0 unspecified atom stereocenters. The molecule has 0 radical (unpaired) electrons. The average Bonchev–Trinajstić information content (AvgIpc) is 2.34. The summed E-state index contributed by atoms with van der Waals surface area (Å²) in [5.74, 6) is 0. The van der Waals surface area contributed by atoms with Gasteiger partial charge in [0.15, 0.2) is 0 Å². The quantitative estimate of drug-likeness (QED) is 0.575. The van der Waals surface area contributed by atoms with Crippen LogP contribution in [-0.2, 0) is 6.42 Å². The van der Waals surface area contributed by atoms with Crippen LogP contribution in [-0.4, -0.2) is 17.0 Å². The lowest BCUT2D eigenvalue weighted by atomic mass is 10.1. The largest absolute Gasteiger partial charge is 0.290 e. The summed E-state index contributed by atoms with van der Waals surface area (Å²) >= 11 is 0. The topological polar surface area (TPSA) is 49.1 Å². The summed E-state index contributed by atoms with van der Waals surface area (Å²) in [6.07, 6.45) is 7.79. The fraction of sp³-hybridized carbons (Fsp3) is 0.308. The van der Waals surface area contributed by atoms with E-state index in [1.807, 2.05) is 12.1 Å². The van der Waals surface area contributed by atoms with Gasteiger partial charge in [0.2, 0.25) is 0 Å². The van der Waals surface area contributed by atoms with Crippen molar-refractivity contribution in [2.45, 2.75) is 26.2 Å². The molecular formula is C13H17N3. The Labute approximate surface area is 96.5 Å². The minimum atomic E-state index is 0.685. The fourth-order valence-electron chi connectivity index (χ4n) is 1.40. The van der Waals surface area contributed by atoms with Gasteiger partial charge in [-0.3, -0.25) is 10.4 Å². The number of nitrogens with one attached hydrogen (secondary N) is 1. The Hall–Kier alpha value is -1.77. The minimum Gasteiger partial charge on any atom is -0.290 e. The van der Waals surface area contributed by atoms with Crippen LogP contribution in [0.4, 0.5) is 0 Å². The molecule has 3 heteroatoms. The molecule has 0 aliphatic rings. The second-order valence-corrected chi connectivity index (χ2v) is 3.49. The Morgan fingerprint density at radius 3 is 2.88 bits per heavy atom. The number of aromatic nitrogens is 1. The highest BCUT2D eigenvalue weighted by atomic mass is 14.8. The van der Waals surface area contributed by atoms with Crippen molar-refractivity contribution in [2.75, 3.05) is 0 Å². The molecule has 0 spiro atoms. The first kappa shape index (κ1) is 12.3. The number of rotatable bonds is 6. The summed E-state index contributed by atoms with van der Waals surface area (Å²) in [6, 6.07) is 3.98. The van der Waals surface area contributed by atoms with E-state index in [1.165, 1.54) is 6.42 Å². The Kier molecular flexibility index (Phi) is 5.12. The van der Waals surface area contributed by atoms with Crippen LogP contribution < -0.4 is 0 Å². The molecule has 0 aromatic carbocycles. The zero-order chi connectivity index (χ0) is 11.8. The molecule has 0 fully saturated rings. The normalized spacial score (nSPS) is 11.2. The highest BCUT2D eigenvalue weighted by Crippen LogP contribution is 2.06. The van der Waals surface area contributed by atoms with Crippen molar-refractivity contribution in [2.24, 2.45) is 4.99 Å². The molecule has 0 bridgehead atoms. The van der Waals surface area contributed by atoms with Crippen LogP contribution in [0.1, 0.15) is 31.0 Å². The van der Waals surface area contributed by atoms with E-state index in [1.54, 1.807) is 12.3 Å². The molecule has 1 N–H and O–H groups in total. The number of hydrogen-bond donors (Lipinski definition) is 1. The van der Waals surface area contributed by atoms with Crippen LogP contribution in [0.3, 0.4) is 0 Å². The number of allylic oxidation sites excluding steroid dienone is 1. The maximum Gasteiger partial charge on any atom is 0.107 e. The molecular weight excluding hydrogens is 198 g/mol. The van der Waals surface area contributed by atoms with Gasteiger partial charge in [0.1, 0.15) is 6.34 Å². The number of nitrogens with zero attached hydrogens (tertiary/aromatic N) is 2. The van der Waals surface area contributed by atoms with E-state index in [-0.39, 0.29) is 0 Å². The lowest BCUT2D eigenvalue weighted by Crippen LogP contribution is -1.99. The zero-order valence-corrected chi connectivity index (χ0v) is 9.61. The third-order valence-electron chi connectivity index (χ3n) is 2.30. The Morgan fingerprint density at radius 2 is 2.38 bits per heavy atom. The van der Waals surface area contributed by atoms with Gasteiger partial charge in [0, 0.05) is 17.5 Å². The van der Waals surface area contributed by atoms with E-state index in [0.29, 0.717) is 5.71 Å². The molecule has 16 heavy (non-hydrogen) atoms.